The Hall–Kier alpha value is -2.11. The Morgan fingerprint density at radius 2 is 1.97 bits per heavy atom. The number of aryl methyl sites for hydroxylation is 2. The van der Waals surface area contributed by atoms with Gasteiger partial charge in [-0.25, -0.2) is 4.79 Å². The van der Waals surface area contributed by atoms with E-state index in [0.29, 0.717) is 0 Å². The highest BCUT2D eigenvalue weighted by atomic mass is 79.9. The van der Waals surface area contributed by atoms with E-state index in [-0.39, 0.29) is 12.1 Å². The summed E-state index contributed by atoms with van der Waals surface area (Å²) >= 11 is 5.37. The second-order valence-corrected chi connectivity index (χ2v) is 9.59. The lowest BCUT2D eigenvalue weighted by atomic mass is 9.92. The van der Waals surface area contributed by atoms with E-state index in [1.54, 1.807) is 0 Å². The molecule has 4 rings (SSSR count). The van der Waals surface area contributed by atoms with Crippen molar-refractivity contribution in [2.45, 2.75) is 39.7 Å². The lowest BCUT2D eigenvalue weighted by molar-refractivity contribution is 0.195. The van der Waals surface area contributed by atoms with Crippen LogP contribution in [0.25, 0.3) is 0 Å². The summed E-state index contributed by atoms with van der Waals surface area (Å²) in [7, 11) is 0. The average molecular weight is 469 g/mol. The van der Waals surface area contributed by atoms with Gasteiger partial charge in [0.1, 0.15) is 0 Å². The number of amides is 2. The number of fused-ring (bicyclic) bond motifs is 1. The summed E-state index contributed by atoms with van der Waals surface area (Å²) in [6.07, 6.45) is 1.96. The maximum atomic E-state index is 13.3. The number of carbonyl (C=O) groups excluding carboxylic acids is 1. The highest BCUT2D eigenvalue weighted by Crippen LogP contribution is 2.43. The van der Waals surface area contributed by atoms with Gasteiger partial charge in [0.25, 0.3) is 0 Å². The van der Waals surface area contributed by atoms with Crippen LogP contribution < -0.4 is 5.32 Å². The number of urea groups is 1. The summed E-state index contributed by atoms with van der Waals surface area (Å²) in [5.41, 5.74) is 6.01. The van der Waals surface area contributed by atoms with Crippen LogP contribution in [0.15, 0.2) is 53.0 Å². The molecule has 0 aliphatic carbocycles. The number of hydrogen-bond acceptors (Lipinski definition) is 2. The fraction of sp³-hybridized carbons (Fsp3) is 0.292. The number of halogens is 1. The summed E-state index contributed by atoms with van der Waals surface area (Å²) in [4.78, 5) is 18.0. The summed E-state index contributed by atoms with van der Waals surface area (Å²) in [5, 5.41) is 3.12. The van der Waals surface area contributed by atoms with E-state index in [2.05, 4.69) is 59.4 Å². The molecule has 29 heavy (non-hydrogen) atoms. The van der Waals surface area contributed by atoms with Gasteiger partial charge >= 0.3 is 6.03 Å². The quantitative estimate of drug-likeness (QED) is 0.446. The zero-order chi connectivity index (χ0) is 20.5. The van der Waals surface area contributed by atoms with Crippen molar-refractivity contribution < 1.29 is 4.79 Å². The number of carbonyl (C=O) groups is 1. The molecule has 0 bridgehead atoms. The molecule has 0 saturated carbocycles. The number of hydrogen-bond donors (Lipinski definition) is 1. The average Bonchev–Trinajstić information content (AvgIpc) is 3.05. The molecule has 2 amide bonds. The standard InChI is InChI=1S/C24H25BrN2OS/c1-4-19-16(3)29-23-20(19)12-13-27(22(23)17-8-6-5-7-9-17)24(28)26-18-10-11-21(25)15(2)14-18/h5-11,14,22H,4,12-13H2,1-3H3,(H,26,28). The summed E-state index contributed by atoms with van der Waals surface area (Å²) in [5.74, 6) is 0. The molecule has 1 aliphatic rings. The van der Waals surface area contributed by atoms with E-state index in [1.165, 1.54) is 26.4 Å². The lowest BCUT2D eigenvalue weighted by Gasteiger charge is -2.36. The molecule has 0 radical (unpaired) electrons. The van der Waals surface area contributed by atoms with Crippen molar-refractivity contribution in [2.75, 3.05) is 11.9 Å². The van der Waals surface area contributed by atoms with Gasteiger partial charge in [-0.1, -0.05) is 53.2 Å². The molecular formula is C24H25BrN2OS. The van der Waals surface area contributed by atoms with Gasteiger partial charge in [-0.2, -0.15) is 0 Å². The van der Waals surface area contributed by atoms with Crippen LogP contribution in [0.4, 0.5) is 10.5 Å². The maximum absolute atomic E-state index is 13.3. The van der Waals surface area contributed by atoms with E-state index in [4.69, 9.17) is 0 Å². The van der Waals surface area contributed by atoms with Crippen molar-refractivity contribution in [3.8, 4) is 0 Å². The summed E-state index contributed by atoms with van der Waals surface area (Å²) in [6, 6.07) is 16.2. The first kappa shape index (κ1) is 20.2. The first-order chi connectivity index (χ1) is 14.0. The van der Waals surface area contributed by atoms with E-state index in [0.717, 1.165) is 35.1 Å². The molecule has 5 heteroatoms. The predicted octanol–water partition coefficient (Wildman–Crippen LogP) is 6.87. The number of anilines is 1. The van der Waals surface area contributed by atoms with Gasteiger partial charge < -0.3 is 10.2 Å². The molecule has 3 aromatic rings. The van der Waals surface area contributed by atoms with Crippen LogP contribution in [-0.2, 0) is 12.8 Å². The molecular weight excluding hydrogens is 444 g/mol. The molecule has 1 atom stereocenters. The summed E-state index contributed by atoms with van der Waals surface area (Å²) < 4.78 is 1.04. The van der Waals surface area contributed by atoms with Crippen molar-refractivity contribution in [1.82, 2.24) is 4.90 Å². The van der Waals surface area contributed by atoms with Gasteiger partial charge in [0.05, 0.1) is 6.04 Å². The van der Waals surface area contributed by atoms with Gasteiger partial charge in [0.15, 0.2) is 0 Å². The van der Waals surface area contributed by atoms with Gasteiger partial charge in [0, 0.05) is 26.5 Å². The Labute approximate surface area is 184 Å². The van der Waals surface area contributed by atoms with E-state index in [1.807, 2.05) is 47.4 Å². The third-order valence-corrected chi connectivity index (χ3v) is 7.78. The van der Waals surface area contributed by atoms with Crippen LogP contribution in [0.2, 0.25) is 0 Å². The van der Waals surface area contributed by atoms with E-state index < -0.39 is 0 Å². The first-order valence-corrected chi connectivity index (χ1v) is 11.6. The van der Waals surface area contributed by atoms with Crippen molar-refractivity contribution in [2.24, 2.45) is 0 Å². The number of benzene rings is 2. The van der Waals surface area contributed by atoms with Crippen LogP contribution in [0, 0.1) is 13.8 Å². The molecule has 1 unspecified atom stereocenters. The second-order valence-electron chi connectivity index (χ2n) is 7.48. The Bertz CT molecular complexity index is 1040. The van der Waals surface area contributed by atoms with Crippen molar-refractivity contribution in [1.29, 1.82) is 0 Å². The van der Waals surface area contributed by atoms with Gasteiger partial charge in [-0.3, -0.25) is 0 Å². The molecule has 150 valence electrons. The molecule has 1 N–H and O–H groups in total. The van der Waals surface area contributed by atoms with Crippen molar-refractivity contribution in [3.63, 3.8) is 0 Å². The highest BCUT2D eigenvalue weighted by molar-refractivity contribution is 9.10. The number of nitrogens with one attached hydrogen (secondary N) is 1. The Morgan fingerprint density at radius 3 is 2.66 bits per heavy atom. The van der Waals surface area contributed by atoms with Crippen molar-refractivity contribution >= 4 is 39.0 Å². The SMILES string of the molecule is CCc1c(C)sc2c1CCN(C(=O)Nc1ccc(Br)c(C)c1)C2c1ccccc1. The fourth-order valence-electron chi connectivity index (χ4n) is 4.21. The van der Waals surface area contributed by atoms with Crippen LogP contribution in [-0.4, -0.2) is 17.5 Å². The second kappa shape index (κ2) is 8.33. The predicted molar refractivity (Wildman–Crippen MR) is 125 cm³/mol. The molecule has 1 aliphatic heterocycles. The zero-order valence-electron chi connectivity index (χ0n) is 17.0. The Kier molecular flexibility index (Phi) is 5.79. The minimum absolute atomic E-state index is 0.0412. The smallest absolute Gasteiger partial charge is 0.312 e. The zero-order valence-corrected chi connectivity index (χ0v) is 19.4. The normalized spacial score (nSPS) is 15.9. The van der Waals surface area contributed by atoms with E-state index >= 15 is 0 Å². The Balaban J connectivity index is 1.71. The molecule has 2 aromatic carbocycles. The minimum Gasteiger partial charge on any atom is -0.312 e. The molecule has 2 heterocycles. The third-order valence-electron chi connectivity index (χ3n) is 5.65. The first-order valence-electron chi connectivity index (χ1n) is 9.99. The minimum atomic E-state index is -0.0460. The molecule has 0 spiro atoms. The lowest BCUT2D eigenvalue weighted by Crippen LogP contribution is -2.42. The molecule has 3 nitrogen and oxygen atoms in total. The van der Waals surface area contributed by atoms with Gasteiger partial charge in [-0.05, 0) is 67.1 Å². The monoisotopic (exact) mass is 468 g/mol. The number of thiophene rings is 1. The van der Waals surface area contributed by atoms with Crippen LogP contribution in [0.3, 0.4) is 0 Å². The maximum Gasteiger partial charge on any atom is 0.322 e. The third kappa shape index (κ3) is 3.86. The number of nitrogens with zero attached hydrogens (tertiary/aromatic N) is 1. The Morgan fingerprint density at radius 1 is 1.21 bits per heavy atom. The van der Waals surface area contributed by atoms with Crippen LogP contribution in [0.1, 0.15) is 45.0 Å². The largest absolute Gasteiger partial charge is 0.322 e. The van der Waals surface area contributed by atoms with Crippen LogP contribution >= 0.6 is 27.3 Å². The highest BCUT2D eigenvalue weighted by Gasteiger charge is 2.35. The van der Waals surface area contributed by atoms with Crippen molar-refractivity contribution in [3.05, 3.63) is 85.0 Å². The molecule has 0 fully saturated rings. The molecule has 0 saturated heterocycles. The number of rotatable bonds is 3. The summed E-state index contributed by atoms with van der Waals surface area (Å²) in [6.45, 7) is 7.18. The molecule has 1 aromatic heterocycles. The van der Waals surface area contributed by atoms with Crippen LogP contribution in [0.5, 0.6) is 0 Å². The van der Waals surface area contributed by atoms with Gasteiger partial charge in [0.2, 0.25) is 0 Å². The van der Waals surface area contributed by atoms with Gasteiger partial charge in [-0.15, -0.1) is 11.3 Å². The topological polar surface area (TPSA) is 32.3 Å². The fourth-order valence-corrected chi connectivity index (χ4v) is 5.90. The van der Waals surface area contributed by atoms with E-state index in [9.17, 15) is 4.79 Å².